The minimum Gasteiger partial charge on any atom is -0.497 e. The van der Waals surface area contributed by atoms with E-state index >= 15 is 0 Å². The van der Waals surface area contributed by atoms with E-state index in [0.29, 0.717) is 0 Å². The Kier molecular flexibility index (Phi) is 4.46. The highest BCUT2D eigenvalue weighted by atomic mass is 16.5. The van der Waals surface area contributed by atoms with E-state index in [9.17, 15) is 0 Å². The van der Waals surface area contributed by atoms with Crippen molar-refractivity contribution in [3.8, 4) is 16.9 Å². The summed E-state index contributed by atoms with van der Waals surface area (Å²) in [5, 5.41) is 0. The highest BCUT2D eigenvalue weighted by molar-refractivity contribution is 5.64. The van der Waals surface area contributed by atoms with Crippen LogP contribution in [0.5, 0.6) is 5.75 Å². The second kappa shape index (κ2) is 6.29. The van der Waals surface area contributed by atoms with Crippen molar-refractivity contribution in [2.45, 2.75) is 32.6 Å². The fourth-order valence-corrected chi connectivity index (χ4v) is 2.01. The van der Waals surface area contributed by atoms with Crippen LogP contribution in [0.25, 0.3) is 11.1 Å². The van der Waals surface area contributed by atoms with Crippen molar-refractivity contribution in [3.63, 3.8) is 0 Å². The predicted octanol–water partition coefficient (Wildman–Crippen LogP) is 4.69. The van der Waals surface area contributed by atoms with E-state index < -0.39 is 0 Å². The lowest BCUT2D eigenvalue weighted by Gasteiger charge is -2.01. The second-order valence-electron chi connectivity index (χ2n) is 4.49. The van der Waals surface area contributed by atoms with Crippen LogP contribution in [0.2, 0.25) is 0 Å². The van der Waals surface area contributed by atoms with E-state index in [1.54, 1.807) is 7.11 Å². The minimum atomic E-state index is 0.876. The molecule has 0 unspecified atom stereocenters. The average molecular weight is 244 g/mol. The molecule has 0 aliphatic carbocycles. The van der Waals surface area contributed by atoms with E-state index in [2.05, 4.69) is 19.1 Å². The van der Waals surface area contributed by atoms with Gasteiger partial charge < -0.3 is 9.15 Å². The second-order valence-corrected chi connectivity index (χ2v) is 4.49. The van der Waals surface area contributed by atoms with Gasteiger partial charge in [-0.2, -0.15) is 0 Å². The summed E-state index contributed by atoms with van der Waals surface area (Å²) in [6.07, 6.45) is 6.55. The summed E-state index contributed by atoms with van der Waals surface area (Å²) in [6.45, 7) is 2.21. The SMILES string of the molecule is CCCCCc1cc(-c2cccc(OC)c2)co1. The number of methoxy groups -OCH3 is 1. The Hall–Kier alpha value is -1.70. The molecule has 0 spiro atoms. The molecule has 2 heteroatoms. The van der Waals surface area contributed by atoms with Crippen LogP contribution >= 0.6 is 0 Å². The number of ether oxygens (including phenoxy) is 1. The van der Waals surface area contributed by atoms with Crippen LogP contribution in [-0.4, -0.2) is 7.11 Å². The molecule has 96 valence electrons. The van der Waals surface area contributed by atoms with Gasteiger partial charge in [0, 0.05) is 12.0 Å². The average Bonchev–Trinajstić information content (AvgIpc) is 2.88. The van der Waals surface area contributed by atoms with E-state index in [4.69, 9.17) is 9.15 Å². The quantitative estimate of drug-likeness (QED) is 0.688. The van der Waals surface area contributed by atoms with Crippen molar-refractivity contribution in [2.24, 2.45) is 0 Å². The third-order valence-electron chi connectivity index (χ3n) is 3.08. The van der Waals surface area contributed by atoms with Crippen LogP contribution in [0.15, 0.2) is 41.0 Å². The molecule has 0 aliphatic rings. The van der Waals surface area contributed by atoms with Gasteiger partial charge in [0.25, 0.3) is 0 Å². The molecule has 2 nitrogen and oxygen atoms in total. The first kappa shape index (κ1) is 12.7. The molecule has 0 saturated heterocycles. The number of hydrogen-bond donors (Lipinski definition) is 0. The predicted molar refractivity (Wildman–Crippen MR) is 73.9 cm³/mol. The smallest absolute Gasteiger partial charge is 0.119 e. The minimum absolute atomic E-state index is 0.876. The maximum absolute atomic E-state index is 5.60. The lowest BCUT2D eigenvalue weighted by atomic mass is 10.1. The monoisotopic (exact) mass is 244 g/mol. The van der Waals surface area contributed by atoms with Crippen molar-refractivity contribution in [2.75, 3.05) is 7.11 Å². The maximum atomic E-state index is 5.60. The van der Waals surface area contributed by atoms with Crippen LogP contribution in [0.3, 0.4) is 0 Å². The zero-order valence-electron chi connectivity index (χ0n) is 11.1. The number of unbranched alkanes of at least 4 members (excludes halogenated alkanes) is 2. The normalized spacial score (nSPS) is 10.6. The molecule has 1 heterocycles. The first-order chi connectivity index (χ1) is 8.83. The van der Waals surface area contributed by atoms with Gasteiger partial charge in [-0.25, -0.2) is 0 Å². The number of aryl methyl sites for hydroxylation is 1. The fourth-order valence-electron chi connectivity index (χ4n) is 2.01. The van der Waals surface area contributed by atoms with Crippen molar-refractivity contribution < 1.29 is 9.15 Å². The van der Waals surface area contributed by atoms with E-state index in [-0.39, 0.29) is 0 Å². The Balaban J connectivity index is 2.08. The molecular formula is C16H20O2. The van der Waals surface area contributed by atoms with Gasteiger partial charge in [-0.3, -0.25) is 0 Å². The zero-order valence-corrected chi connectivity index (χ0v) is 11.1. The molecule has 1 aromatic carbocycles. The molecule has 2 aromatic rings. The number of benzene rings is 1. The Morgan fingerprint density at radius 2 is 2.00 bits per heavy atom. The van der Waals surface area contributed by atoms with Gasteiger partial charge in [0.05, 0.1) is 13.4 Å². The molecule has 18 heavy (non-hydrogen) atoms. The highest BCUT2D eigenvalue weighted by Gasteiger charge is 2.05. The van der Waals surface area contributed by atoms with E-state index in [1.807, 2.05) is 24.5 Å². The summed E-state index contributed by atoms with van der Waals surface area (Å²) in [5.41, 5.74) is 2.26. The van der Waals surface area contributed by atoms with Crippen molar-refractivity contribution in [1.29, 1.82) is 0 Å². The zero-order chi connectivity index (χ0) is 12.8. The molecule has 0 fully saturated rings. The number of rotatable bonds is 6. The molecular weight excluding hydrogens is 224 g/mol. The number of hydrogen-bond acceptors (Lipinski definition) is 2. The third kappa shape index (κ3) is 3.16. The van der Waals surface area contributed by atoms with Crippen LogP contribution < -0.4 is 4.74 Å². The molecule has 1 aromatic heterocycles. The molecule has 0 radical (unpaired) electrons. The molecule has 0 atom stereocenters. The topological polar surface area (TPSA) is 22.4 Å². The highest BCUT2D eigenvalue weighted by Crippen LogP contribution is 2.26. The van der Waals surface area contributed by atoms with Gasteiger partial charge in [-0.05, 0) is 30.2 Å². The van der Waals surface area contributed by atoms with Crippen LogP contribution in [0.1, 0.15) is 31.9 Å². The third-order valence-corrected chi connectivity index (χ3v) is 3.08. The Morgan fingerprint density at radius 1 is 1.11 bits per heavy atom. The van der Waals surface area contributed by atoms with Crippen molar-refractivity contribution in [1.82, 2.24) is 0 Å². The summed E-state index contributed by atoms with van der Waals surface area (Å²) >= 11 is 0. The van der Waals surface area contributed by atoms with Gasteiger partial charge in [0.2, 0.25) is 0 Å². The van der Waals surface area contributed by atoms with Gasteiger partial charge >= 0.3 is 0 Å². The van der Waals surface area contributed by atoms with Crippen LogP contribution in [-0.2, 0) is 6.42 Å². The fraction of sp³-hybridized carbons (Fsp3) is 0.375. The van der Waals surface area contributed by atoms with Crippen molar-refractivity contribution in [3.05, 3.63) is 42.4 Å². The summed E-state index contributed by atoms with van der Waals surface area (Å²) in [4.78, 5) is 0. The standard InChI is InChI=1S/C16H20O2/c1-3-4-5-8-16-11-14(12-18-16)13-7-6-9-15(10-13)17-2/h6-7,9-12H,3-5,8H2,1-2H3. The first-order valence-electron chi connectivity index (χ1n) is 6.55. The summed E-state index contributed by atoms with van der Waals surface area (Å²) in [5.74, 6) is 1.95. The lowest BCUT2D eigenvalue weighted by molar-refractivity contribution is 0.415. The maximum Gasteiger partial charge on any atom is 0.119 e. The van der Waals surface area contributed by atoms with E-state index in [1.165, 1.54) is 19.3 Å². The van der Waals surface area contributed by atoms with Gasteiger partial charge in [0.1, 0.15) is 11.5 Å². The van der Waals surface area contributed by atoms with Crippen LogP contribution in [0.4, 0.5) is 0 Å². The Morgan fingerprint density at radius 3 is 2.78 bits per heavy atom. The van der Waals surface area contributed by atoms with E-state index in [0.717, 1.165) is 29.1 Å². The molecule has 0 bridgehead atoms. The molecule has 0 amide bonds. The molecule has 0 saturated carbocycles. The summed E-state index contributed by atoms with van der Waals surface area (Å²) in [7, 11) is 1.69. The lowest BCUT2D eigenvalue weighted by Crippen LogP contribution is -1.83. The molecule has 0 aliphatic heterocycles. The number of furan rings is 1. The first-order valence-corrected chi connectivity index (χ1v) is 6.55. The van der Waals surface area contributed by atoms with Crippen molar-refractivity contribution >= 4 is 0 Å². The molecule has 2 rings (SSSR count). The molecule has 0 N–H and O–H groups in total. The summed E-state index contributed by atoms with van der Waals surface area (Å²) < 4.78 is 10.8. The largest absolute Gasteiger partial charge is 0.497 e. The van der Waals surface area contributed by atoms with Gasteiger partial charge in [0.15, 0.2) is 0 Å². The van der Waals surface area contributed by atoms with Crippen LogP contribution in [0, 0.1) is 0 Å². The van der Waals surface area contributed by atoms with Gasteiger partial charge in [-0.1, -0.05) is 31.9 Å². The Bertz CT molecular complexity index is 485. The summed E-state index contributed by atoms with van der Waals surface area (Å²) in [6, 6.07) is 10.2. The Labute approximate surface area is 109 Å². The van der Waals surface area contributed by atoms with Gasteiger partial charge in [-0.15, -0.1) is 0 Å².